The second-order valence-corrected chi connectivity index (χ2v) is 4.94. The third-order valence-electron chi connectivity index (χ3n) is 3.76. The molecule has 20 heavy (non-hydrogen) atoms. The second-order valence-electron chi connectivity index (χ2n) is 4.94. The number of fused-ring (bicyclic) bond motifs is 1. The number of methoxy groups -OCH3 is 1. The predicted octanol–water partition coefficient (Wildman–Crippen LogP) is 1.20. The first kappa shape index (κ1) is 13.1. The molecule has 1 fully saturated rings. The average molecular weight is 279 g/mol. The first-order valence-electron chi connectivity index (χ1n) is 6.63. The van der Waals surface area contributed by atoms with Crippen LogP contribution in [0.1, 0.15) is 18.0 Å². The van der Waals surface area contributed by atoms with E-state index in [1.807, 2.05) is 12.1 Å². The average Bonchev–Trinajstić information content (AvgIpc) is 2.95. The summed E-state index contributed by atoms with van der Waals surface area (Å²) in [7, 11) is 1.60. The van der Waals surface area contributed by atoms with Crippen LogP contribution < -0.4 is 19.5 Å². The number of carbonyl (C=O) groups is 1. The van der Waals surface area contributed by atoms with Gasteiger partial charge in [0.25, 0.3) is 0 Å². The number of aliphatic carboxylic acids is 1. The number of nitrogens with one attached hydrogen (secondary N) is 1. The summed E-state index contributed by atoms with van der Waals surface area (Å²) in [5, 5.41) is 12.3. The maximum atomic E-state index is 11.1. The number of hydrogen-bond donors (Lipinski definition) is 2. The lowest BCUT2D eigenvalue weighted by Crippen LogP contribution is -2.21. The van der Waals surface area contributed by atoms with E-state index in [0.717, 1.165) is 5.56 Å². The van der Waals surface area contributed by atoms with Crippen molar-refractivity contribution in [1.29, 1.82) is 0 Å². The normalized spacial score (nSPS) is 24.4. The molecule has 2 aliphatic heterocycles. The molecule has 6 nitrogen and oxygen atoms in total. The lowest BCUT2D eigenvalue weighted by Gasteiger charge is -2.25. The van der Waals surface area contributed by atoms with Crippen LogP contribution in [-0.4, -0.2) is 37.9 Å². The molecule has 0 spiro atoms. The van der Waals surface area contributed by atoms with E-state index in [0.29, 0.717) is 43.4 Å². The molecule has 108 valence electrons. The summed E-state index contributed by atoms with van der Waals surface area (Å²) >= 11 is 0. The van der Waals surface area contributed by atoms with Crippen LogP contribution in [0.3, 0.4) is 0 Å². The molecule has 0 amide bonds. The van der Waals surface area contributed by atoms with Gasteiger partial charge >= 0.3 is 5.97 Å². The van der Waals surface area contributed by atoms with Crippen molar-refractivity contribution >= 4 is 5.97 Å². The Morgan fingerprint density at radius 2 is 2.20 bits per heavy atom. The van der Waals surface area contributed by atoms with Crippen molar-refractivity contribution in [2.24, 2.45) is 5.92 Å². The van der Waals surface area contributed by atoms with Crippen LogP contribution in [0.25, 0.3) is 0 Å². The van der Waals surface area contributed by atoms with Gasteiger partial charge in [-0.05, 0) is 18.6 Å². The molecule has 2 N–H and O–H groups in total. The minimum absolute atomic E-state index is 0.0947. The van der Waals surface area contributed by atoms with Gasteiger partial charge in [0.15, 0.2) is 11.5 Å². The van der Waals surface area contributed by atoms with Crippen LogP contribution in [0.15, 0.2) is 12.1 Å². The summed E-state index contributed by atoms with van der Waals surface area (Å²) in [5.74, 6) is 0.885. The fourth-order valence-electron chi connectivity index (χ4n) is 2.77. The number of ether oxygens (including phenoxy) is 3. The Kier molecular flexibility index (Phi) is 3.40. The zero-order valence-electron chi connectivity index (χ0n) is 11.2. The molecule has 0 aliphatic carbocycles. The summed E-state index contributed by atoms with van der Waals surface area (Å²) in [6.45, 7) is 1.46. The molecule has 0 bridgehead atoms. The largest absolute Gasteiger partial charge is 0.496 e. The Morgan fingerprint density at radius 3 is 2.90 bits per heavy atom. The minimum atomic E-state index is -0.777. The SMILES string of the molecule is COc1ccc2c(c1C1CC(C(=O)O)CN1)OCCO2. The van der Waals surface area contributed by atoms with Crippen LogP contribution in [0.2, 0.25) is 0 Å². The van der Waals surface area contributed by atoms with Gasteiger partial charge in [-0.2, -0.15) is 0 Å². The number of rotatable bonds is 3. The Hall–Kier alpha value is -1.95. The molecule has 2 unspecified atom stereocenters. The fraction of sp³-hybridized carbons (Fsp3) is 0.500. The number of carboxylic acid groups (broad SMARTS) is 1. The molecular weight excluding hydrogens is 262 g/mol. The van der Waals surface area contributed by atoms with Gasteiger partial charge in [0.1, 0.15) is 19.0 Å². The number of hydrogen-bond acceptors (Lipinski definition) is 5. The van der Waals surface area contributed by atoms with Crippen molar-refractivity contribution in [3.8, 4) is 17.2 Å². The highest BCUT2D eigenvalue weighted by Crippen LogP contribution is 2.45. The molecule has 0 saturated carbocycles. The van der Waals surface area contributed by atoms with Crippen molar-refractivity contribution in [3.05, 3.63) is 17.7 Å². The van der Waals surface area contributed by atoms with Crippen LogP contribution in [0.5, 0.6) is 17.2 Å². The molecule has 1 aromatic rings. The molecule has 2 atom stereocenters. The van der Waals surface area contributed by atoms with Crippen LogP contribution in [0.4, 0.5) is 0 Å². The van der Waals surface area contributed by atoms with E-state index in [9.17, 15) is 4.79 Å². The monoisotopic (exact) mass is 279 g/mol. The van der Waals surface area contributed by atoms with Gasteiger partial charge in [0, 0.05) is 12.6 Å². The van der Waals surface area contributed by atoms with Gasteiger partial charge in [-0.25, -0.2) is 0 Å². The fourth-order valence-corrected chi connectivity index (χ4v) is 2.77. The summed E-state index contributed by atoms with van der Waals surface area (Å²) in [6, 6.07) is 3.56. The lowest BCUT2D eigenvalue weighted by molar-refractivity contribution is -0.141. The molecule has 3 rings (SSSR count). The van der Waals surface area contributed by atoms with Crippen molar-refractivity contribution < 1.29 is 24.1 Å². The van der Waals surface area contributed by atoms with Crippen molar-refractivity contribution in [2.75, 3.05) is 26.9 Å². The molecule has 1 aromatic carbocycles. The highest BCUT2D eigenvalue weighted by Gasteiger charge is 2.35. The van der Waals surface area contributed by atoms with Gasteiger partial charge in [-0.3, -0.25) is 4.79 Å². The van der Waals surface area contributed by atoms with E-state index in [4.69, 9.17) is 19.3 Å². The van der Waals surface area contributed by atoms with Gasteiger partial charge in [-0.15, -0.1) is 0 Å². The summed E-state index contributed by atoms with van der Waals surface area (Å²) < 4.78 is 16.7. The molecule has 2 heterocycles. The van der Waals surface area contributed by atoms with Crippen LogP contribution >= 0.6 is 0 Å². The van der Waals surface area contributed by atoms with Gasteiger partial charge in [-0.1, -0.05) is 0 Å². The van der Waals surface area contributed by atoms with E-state index < -0.39 is 5.97 Å². The van der Waals surface area contributed by atoms with Gasteiger partial charge < -0.3 is 24.6 Å². The summed E-state index contributed by atoms with van der Waals surface area (Å²) in [6.07, 6.45) is 0.519. The van der Waals surface area contributed by atoms with Crippen molar-refractivity contribution in [1.82, 2.24) is 5.32 Å². The Morgan fingerprint density at radius 1 is 1.40 bits per heavy atom. The number of carboxylic acids is 1. The van der Waals surface area contributed by atoms with Crippen molar-refractivity contribution in [2.45, 2.75) is 12.5 Å². The highest BCUT2D eigenvalue weighted by molar-refractivity contribution is 5.71. The van der Waals surface area contributed by atoms with Crippen LogP contribution in [0, 0.1) is 5.92 Å². The highest BCUT2D eigenvalue weighted by atomic mass is 16.6. The summed E-state index contributed by atoms with van der Waals surface area (Å²) in [4.78, 5) is 11.1. The number of benzene rings is 1. The molecule has 6 heteroatoms. The van der Waals surface area contributed by atoms with E-state index in [-0.39, 0.29) is 12.0 Å². The Labute approximate surface area is 116 Å². The molecule has 0 radical (unpaired) electrons. The van der Waals surface area contributed by atoms with Gasteiger partial charge in [0.05, 0.1) is 18.6 Å². The third-order valence-corrected chi connectivity index (χ3v) is 3.76. The topological polar surface area (TPSA) is 77.0 Å². The second kappa shape index (κ2) is 5.20. The first-order chi connectivity index (χ1) is 9.70. The maximum absolute atomic E-state index is 11.1. The predicted molar refractivity (Wildman–Crippen MR) is 70.5 cm³/mol. The molecule has 1 saturated heterocycles. The molecular formula is C14H17NO5. The standard InChI is InChI=1S/C14H17NO5/c1-18-10-2-3-11-13(20-5-4-19-11)12(10)9-6-8(7-15-9)14(16)17/h2-3,8-9,15H,4-7H2,1H3,(H,16,17). The van der Waals surface area contributed by atoms with E-state index in [1.165, 1.54) is 0 Å². The minimum Gasteiger partial charge on any atom is -0.496 e. The molecule has 0 aromatic heterocycles. The quantitative estimate of drug-likeness (QED) is 0.866. The Bertz CT molecular complexity index is 531. The first-order valence-corrected chi connectivity index (χ1v) is 6.63. The summed E-state index contributed by atoms with van der Waals surface area (Å²) in [5.41, 5.74) is 0.855. The van der Waals surface area contributed by atoms with Gasteiger partial charge in [0.2, 0.25) is 0 Å². The zero-order valence-corrected chi connectivity index (χ0v) is 11.2. The van der Waals surface area contributed by atoms with Crippen molar-refractivity contribution in [3.63, 3.8) is 0 Å². The van der Waals surface area contributed by atoms with Crippen LogP contribution in [-0.2, 0) is 4.79 Å². The smallest absolute Gasteiger partial charge is 0.307 e. The third kappa shape index (κ3) is 2.16. The molecule has 2 aliphatic rings. The maximum Gasteiger partial charge on any atom is 0.307 e. The Balaban J connectivity index is 1.97. The van der Waals surface area contributed by atoms with E-state index >= 15 is 0 Å². The lowest BCUT2D eigenvalue weighted by atomic mass is 9.98. The van der Waals surface area contributed by atoms with E-state index in [2.05, 4.69) is 5.32 Å². The zero-order chi connectivity index (χ0) is 14.1. The van der Waals surface area contributed by atoms with E-state index in [1.54, 1.807) is 7.11 Å².